The van der Waals surface area contributed by atoms with E-state index in [1.54, 1.807) is 32.0 Å². The van der Waals surface area contributed by atoms with Gasteiger partial charge in [0, 0.05) is 6.92 Å². The quantitative estimate of drug-likeness (QED) is 0.479. The van der Waals surface area contributed by atoms with E-state index in [1.807, 2.05) is 0 Å². The van der Waals surface area contributed by atoms with E-state index in [1.165, 1.54) is 6.92 Å². The maximum atomic E-state index is 11.6. The summed E-state index contributed by atoms with van der Waals surface area (Å²) in [4.78, 5) is 23.0. The standard InChI is InChI=1S/C14H16O7/c1-8(2)13(15)19-9(3)20-14(16)21-11-6-4-5-10-12(11)18-7-17-10/h4-6,8-9H,7H2,1-3H3. The number of hydrogen-bond acceptors (Lipinski definition) is 7. The lowest BCUT2D eigenvalue weighted by atomic mass is 10.2. The molecule has 0 saturated carbocycles. The Balaban J connectivity index is 1.91. The molecule has 0 saturated heterocycles. The van der Waals surface area contributed by atoms with Crippen LogP contribution in [0.5, 0.6) is 17.2 Å². The summed E-state index contributed by atoms with van der Waals surface area (Å²) in [7, 11) is 0. The lowest BCUT2D eigenvalue weighted by Crippen LogP contribution is -2.25. The molecule has 114 valence electrons. The zero-order chi connectivity index (χ0) is 15.4. The van der Waals surface area contributed by atoms with E-state index in [-0.39, 0.29) is 18.5 Å². The van der Waals surface area contributed by atoms with Crippen molar-refractivity contribution in [3.63, 3.8) is 0 Å². The van der Waals surface area contributed by atoms with Crippen molar-refractivity contribution in [1.29, 1.82) is 0 Å². The van der Waals surface area contributed by atoms with Gasteiger partial charge in [0.1, 0.15) is 0 Å². The number of hydrogen-bond donors (Lipinski definition) is 0. The molecule has 0 amide bonds. The molecule has 1 atom stereocenters. The Bertz CT molecular complexity index is 538. The highest BCUT2D eigenvalue weighted by Crippen LogP contribution is 2.40. The van der Waals surface area contributed by atoms with E-state index in [9.17, 15) is 9.59 Å². The van der Waals surface area contributed by atoms with Crippen LogP contribution in [-0.2, 0) is 14.3 Å². The summed E-state index contributed by atoms with van der Waals surface area (Å²) in [6, 6.07) is 4.88. The molecule has 1 unspecified atom stereocenters. The van der Waals surface area contributed by atoms with Gasteiger partial charge in [0.25, 0.3) is 0 Å². The molecule has 0 bridgehead atoms. The monoisotopic (exact) mass is 296 g/mol. The van der Waals surface area contributed by atoms with Gasteiger partial charge in [0.05, 0.1) is 5.92 Å². The molecule has 1 aliphatic rings. The number of rotatable bonds is 4. The predicted molar refractivity (Wildman–Crippen MR) is 70.1 cm³/mol. The number of ether oxygens (including phenoxy) is 5. The second kappa shape index (κ2) is 6.34. The van der Waals surface area contributed by atoms with Crippen molar-refractivity contribution in [2.75, 3.05) is 6.79 Å². The van der Waals surface area contributed by atoms with Crippen LogP contribution in [0.2, 0.25) is 0 Å². The van der Waals surface area contributed by atoms with Crippen LogP contribution in [-0.4, -0.2) is 25.2 Å². The molecule has 1 heterocycles. The van der Waals surface area contributed by atoms with Crippen molar-refractivity contribution in [3.05, 3.63) is 18.2 Å². The molecular weight excluding hydrogens is 280 g/mol. The van der Waals surface area contributed by atoms with Crippen molar-refractivity contribution >= 4 is 12.1 Å². The van der Waals surface area contributed by atoms with Gasteiger partial charge in [-0.25, -0.2) is 4.79 Å². The Hall–Kier alpha value is -2.44. The fourth-order valence-electron chi connectivity index (χ4n) is 1.56. The number of carbonyl (C=O) groups is 2. The van der Waals surface area contributed by atoms with Crippen LogP contribution in [0.25, 0.3) is 0 Å². The number of fused-ring (bicyclic) bond motifs is 1. The van der Waals surface area contributed by atoms with Crippen LogP contribution < -0.4 is 14.2 Å². The minimum Gasteiger partial charge on any atom is -0.453 e. The summed E-state index contributed by atoms with van der Waals surface area (Å²) in [5, 5.41) is 0. The zero-order valence-corrected chi connectivity index (χ0v) is 12.0. The third-order valence-corrected chi connectivity index (χ3v) is 2.57. The van der Waals surface area contributed by atoms with Crippen LogP contribution >= 0.6 is 0 Å². The van der Waals surface area contributed by atoms with Gasteiger partial charge in [-0.3, -0.25) is 4.79 Å². The lowest BCUT2D eigenvalue weighted by Gasteiger charge is -2.15. The highest BCUT2D eigenvalue weighted by Gasteiger charge is 2.23. The number of esters is 1. The fraction of sp³-hybridized carbons (Fsp3) is 0.429. The van der Waals surface area contributed by atoms with Crippen molar-refractivity contribution in [1.82, 2.24) is 0 Å². The van der Waals surface area contributed by atoms with Gasteiger partial charge in [-0.1, -0.05) is 19.9 Å². The van der Waals surface area contributed by atoms with E-state index in [0.717, 1.165) is 0 Å². The Labute approximate surface area is 121 Å². The molecule has 0 N–H and O–H groups in total. The maximum absolute atomic E-state index is 11.6. The summed E-state index contributed by atoms with van der Waals surface area (Å²) in [6.45, 7) is 4.85. The van der Waals surface area contributed by atoms with E-state index in [0.29, 0.717) is 11.5 Å². The van der Waals surface area contributed by atoms with Crippen LogP contribution in [0, 0.1) is 5.92 Å². The highest BCUT2D eigenvalue weighted by molar-refractivity contribution is 5.72. The Kier molecular flexibility index (Phi) is 4.52. The lowest BCUT2D eigenvalue weighted by molar-refractivity contribution is -0.170. The second-order valence-electron chi connectivity index (χ2n) is 4.62. The fourth-order valence-corrected chi connectivity index (χ4v) is 1.56. The molecule has 7 nitrogen and oxygen atoms in total. The first-order valence-corrected chi connectivity index (χ1v) is 6.45. The Morgan fingerprint density at radius 2 is 1.90 bits per heavy atom. The molecule has 7 heteroatoms. The SMILES string of the molecule is CC(OC(=O)Oc1cccc2c1OCO2)OC(=O)C(C)C. The van der Waals surface area contributed by atoms with Crippen LogP contribution in [0.4, 0.5) is 4.79 Å². The van der Waals surface area contributed by atoms with Crippen LogP contribution in [0.15, 0.2) is 18.2 Å². The molecule has 0 spiro atoms. The second-order valence-corrected chi connectivity index (χ2v) is 4.62. The van der Waals surface area contributed by atoms with E-state index in [4.69, 9.17) is 23.7 Å². The highest BCUT2D eigenvalue weighted by atomic mass is 16.8. The minimum atomic E-state index is -1.04. The largest absolute Gasteiger partial charge is 0.517 e. The first kappa shape index (κ1) is 15.0. The number of benzene rings is 1. The predicted octanol–water partition coefficient (Wildman–Crippen LogP) is 2.48. The first-order valence-electron chi connectivity index (χ1n) is 6.45. The molecule has 0 radical (unpaired) electrons. The average Bonchev–Trinajstić information content (AvgIpc) is 2.87. The summed E-state index contributed by atoms with van der Waals surface area (Å²) in [5.74, 6) is 0.223. The van der Waals surface area contributed by atoms with Crippen molar-refractivity contribution < 1.29 is 33.3 Å². The van der Waals surface area contributed by atoms with Gasteiger partial charge in [0.15, 0.2) is 11.5 Å². The molecule has 1 aromatic carbocycles. The Morgan fingerprint density at radius 3 is 2.62 bits per heavy atom. The van der Waals surface area contributed by atoms with Gasteiger partial charge in [-0.05, 0) is 12.1 Å². The van der Waals surface area contributed by atoms with E-state index in [2.05, 4.69) is 0 Å². The smallest absolute Gasteiger partial charge is 0.453 e. The molecule has 0 aromatic heterocycles. The molecule has 1 aromatic rings. The molecule has 0 fully saturated rings. The topological polar surface area (TPSA) is 80.3 Å². The summed E-state index contributed by atoms with van der Waals surface area (Å²) >= 11 is 0. The zero-order valence-electron chi connectivity index (χ0n) is 12.0. The normalized spacial score (nSPS) is 13.7. The van der Waals surface area contributed by atoms with Gasteiger partial charge in [-0.15, -0.1) is 0 Å². The van der Waals surface area contributed by atoms with Crippen molar-refractivity contribution in [2.24, 2.45) is 5.92 Å². The third kappa shape index (κ3) is 3.77. The van der Waals surface area contributed by atoms with Gasteiger partial charge in [-0.2, -0.15) is 0 Å². The third-order valence-electron chi connectivity index (χ3n) is 2.57. The summed E-state index contributed by atoms with van der Waals surface area (Å²) < 4.78 is 25.1. The number of para-hydroxylation sites is 1. The van der Waals surface area contributed by atoms with Gasteiger partial charge < -0.3 is 23.7 Å². The van der Waals surface area contributed by atoms with Crippen LogP contribution in [0.3, 0.4) is 0 Å². The van der Waals surface area contributed by atoms with Crippen LogP contribution in [0.1, 0.15) is 20.8 Å². The molecular formula is C14H16O7. The summed E-state index contributed by atoms with van der Waals surface area (Å²) in [6.07, 6.45) is -2.04. The minimum absolute atomic E-state index is 0.0627. The average molecular weight is 296 g/mol. The first-order chi connectivity index (χ1) is 9.97. The summed E-state index contributed by atoms with van der Waals surface area (Å²) in [5.41, 5.74) is 0. The molecule has 0 aliphatic carbocycles. The van der Waals surface area contributed by atoms with E-state index >= 15 is 0 Å². The number of carbonyl (C=O) groups excluding carboxylic acids is 2. The van der Waals surface area contributed by atoms with Gasteiger partial charge >= 0.3 is 12.1 Å². The molecule has 21 heavy (non-hydrogen) atoms. The van der Waals surface area contributed by atoms with Gasteiger partial charge in [0.2, 0.25) is 18.8 Å². The van der Waals surface area contributed by atoms with Crippen molar-refractivity contribution in [2.45, 2.75) is 27.1 Å². The maximum Gasteiger partial charge on any atom is 0.517 e. The molecule has 1 aliphatic heterocycles. The van der Waals surface area contributed by atoms with E-state index < -0.39 is 18.4 Å². The van der Waals surface area contributed by atoms with Crippen molar-refractivity contribution in [3.8, 4) is 17.2 Å². The Morgan fingerprint density at radius 1 is 1.14 bits per heavy atom. The molecule has 2 rings (SSSR count).